The summed E-state index contributed by atoms with van der Waals surface area (Å²) >= 11 is 6.37. The maximum atomic E-state index is 12.4. The van der Waals surface area contributed by atoms with Gasteiger partial charge in [0.1, 0.15) is 6.10 Å². The van der Waals surface area contributed by atoms with Crippen molar-refractivity contribution in [1.29, 1.82) is 0 Å². The number of hydrogen-bond donors (Lipinski definition) is 4. The van der Waals surface area contributed by atoms with Crippen molar-refractivity contribution >= 4 is 37.8 Å². The van der Waals surface area contributed by atoms with Crippen LogP contribution in [0.3, 0.4) is 0 Å². The number of ether oxygens (including phenoxy) is 3. The zero-order chi connectivity index (χ0) is 17.9. The molecule has 2 fully saturated rings. The minimum atomic E-state index is -2.18. The van der Waals surface area contributed by atoms with Gasteiger partial charge in [-0.05, 0) is 43.5 Å². The Hall–Kier alpha value is -0.910. The molecule has 2 aliphatic rings. The first kappa shape index (κ1) is 17.9. The highest BCUT2D eigenvalue weighted by molar-refractivity contribution is 9.13. The van der Waals surface area contributed by atoms with Crippen LogP contribution in [0.1, 0.15) is 5.56 Å². The Morgan fingerprint density at radius 3 is 2.67 bits per heavy atom. The summed E-state index contributed by atoms with van der Waals surface area (Å²) in [4.78, 5) is 12.4. The Morgan fingerprint density at radius 2 is 2.04 bits per heavy atom. The number of carbonyl (C=O) groups is 1. The van der Waals surface area contributed by atoms with E-state index in [2.05, 4.69) is 31.9 Å². The minimum Gasteiger partial charge on any atom is -0.504 e. The van der Waals surface area contributed by atoms with Gasteiger partial charge in [0.25, 0.3) is 0 Å². The summed E-state index contributed by atoms with van der Waals surface area (Å²) in [6.45, 7) is -0.217. The molecule has 10 heteroatoms. The van der Waals surface area contributed by atoms with E-state index in [0.717, 1.165) is 0 Å². The van der Waals surface area contributed by atoms with Gasteiger partial charge in [-0.1, -0.05) is 0 Å². The lowest BCUT2D eigenvalue weighted by Crippen LogP contribution is -2.60. The van der Waals surface area contributed by atoms with E-state index in [4.69, 9.17) is 14.2 Å². The summed E-state index contributed by atoms with van der Waals surface area (Å²) in [6.07, 6.45) is -2.70. The number of benzene rings is 1. The van der Waals surface area contributed by atoms with Crippen LogP contribution in [0.2, 0.25) is 0 Å². The molecule has 3 rings (SSSR count). The summed E-state index contributed by atoms with van der Waals surface area (Å²) in [7, 11) is 1.21. The molecule has 0 spiro atoms. The number of phenolic OH excluding ortho intramolecular Hbond substituents is 2. The average Bonchev–Trinajstić information content (AvgIpc) is 2.95. The van der Waals surface area contributed by atoms with E-state index in [1.54, 1.807) is 0 Å². The van der Waals surface area contributed by atoms with Crippen molar-refractivity contribution in [3.8, 4) is 11.5 Å². The van der Waals surface area contributed by atoms with E-state index in [-0.39, 0.29) is 23.2 Å². The predicted octanol–water partition coefficient (Wildman–Crippen LogP) is 0.556. The van der Waals surface area contributed by atoms with Crippen molar-refractivity contribution in [2.75, 3.05) is 13.7 Å². The Kier molecular flexibility index (Phi) is 4.34. The van der Waals surface area contributed by atoms with Gasteiger partial charge in [0, 0.05) is 18.0 Å². The van der Waals surface area contributed by atoms with Crippen LogP contribution in [0.15, 0.2) is 15.0 Å². The van der Waals surface area contributed by atoms with Crippen LogP contribution in [0.25, 0.3) is 0 Å². The smallest absolute Gasteiger partial charge is 0.345 e. The number of fused-ring (bicyclic) bond motifs is 1. The molecule has 4 unspecified atom stereocenters. The highest BCUT2D eigenvalue weighted by Crippen LogP contribution is 2.49. The SMILES string of the molecule is COC1(Cc2cc(O)c(O)c(Br)c2Br)C(=O)OC2C(O)COC21O. The average molecular weight is 470 g/mol. The summed E-state index contributed by atoms with van der Waals surface area (Å²) in [5.41, 5.74) is -1.60. The molecule has 4 atom stereocenters. The summed E-state index contributed by atoms with van der Waals surface area (Å²) in [5, 5.41) is 40.2. The number of methoxy groups -OCH3 is 1. The van der Waals surface area contributed by atoms with Gasteiger partial charge < -0.3 is 34.6 Å². The van der Waals surface area contributed by atoms with E-state index in [9.17, 15) is 25.2 Å². The summed E-state index contributed by atoms with van der Waals surface area (Å²) in [6, 6.07) is 1.22. The summed E-state index contributed by atoms with van der Waals surface area (Å²) < 4.78 is 16.2. The van der Waals surface area contributed by atoms with Crippen molar-refractivity contribution in [2.24, 2.45) is 0 Å². The number of halogens is 2. The standard InChI is InChI=1S/C14H14Br2O8/c1-22-13(3-5-2-6(17)10(19)9(16)8(5)15)12(20)24-11-7(18)4-23-14(11,13)21/h2,7,11,17-19,21H,3-4H2,1H3. The van der Waals surface area contributed by atoms with Gasteiger partial charge in [-0.3, -0.25) is 0 Å². The third kappa shape index (κ3) is 2.21. The zero-order valence-corrected chi connectivity index (χ0v) is 15.5. The quantitative estimate of drug-likeness (QED) is 0.373. The molecule has 2 aliphatic heterocycles. The van der Waals surface area contributed by atoms with Gasteiger partial charge in [-0.15, -0.1) is 0 Å². The highest BCUT2D eigenvalue weighted by atomic mass is 79.9. The molecule has 2 saturated heterocycles. The Labute approximate surface area is 153 Å². The van der Waals surface area contributed by atoms with Crippen LogP contribution in [0.4, 0.5) is 0 Å². The second kappa shape index (κ2) is 5.82. The third-order valence-corrected chi connectivity index (χ3v) is 6.59. The monoisotopic (exact) mass is 468 g/mol. The molecule has 1 aromatic rings. The lowest BCUT2D eigenvalue weighted by molar-refractivity contribution is -0.269. The first-order valence-electron chi connectivity index (χ1n) is 6.87. The van der Waals surface area contributed by atoms with Crippen molar-refractivity contribution in [3.05, 3.63) is 20.6 Å². The lowest BCUT2D eigenvalue weighted by atomic mass is 9.85. The molecular formula is C14H14Br2O8. The molecule has 0 bridgehead atoms. The molecule has 0 amide bonds. The van der Waals surface area contributed by atoms with E-state index in [1.165, 1.54) is 13.2 Å². The van der Waals surface area contributed by atoms with E-state index in [1.807, 2.05) is 0 Å². The molecule has 0 saturated carbocycles. The van der Waals surface area contributed by atoms with Crippen LogP contribution in [-0.4, -0.2) is 63.7 Å². The van der Waals surface area contributed by atoms with Gasteiger partial charge in [0.2, 0.25) is 11.4 Å². The first-order chi connectivity index (χ1) is 11.2. The fourth-order valence-corrected chi connectivity index (χ4v) is 3.96. The minimum absolute atomic E-state index is 0.172. The van der Waals surface area contributed by atoms with Gasteiger partial charge >= 0.3 is 5.97 Å². The maximum Gasteiger partial charge on any atom is 0.345 e. The van der Waals surface area contributed by atoms with E-state index >= 15 is 0 Å². The van der Waals surface area contributed by atoms with Crippen molar-refractivity contribution in [2.45, 2.75) is 30.0 Å². The molecule has 0 radical (unpaired) electrons. The third-order valence-electron chi connectivity index (χ3n) is 4.38. The maximum absolute atomic E-state index is 12.4. The fourth-order valence-electron chi connectivity index (χ4n) is 3.06. The molecule has 0 aliphatic carbocycles. The van der Waals surface area contributed by atoms with Crippen LogP contribution in [0.5, 0.6) is 11.5 Å². The van der Waals surface area contributed by atoms with Crippen LogP contribution >= 0.6 is 31.9 Å². The summed E-state index contributed by atoms with van der Waals surface area (Å²) in [5.74, 6) is -3.88. The number of esters is 1. The number of phenols is 2. The molecule has 1 aromatic carbocycles. The van der Waals surface area contributed by atoms with Crippen molar-refractivity contribution < 1.29 is 39.4 Å². The number of hydrogen-bond acceptors (Lipinski definition) is 8. The van der Waals surface area contributed by atoms with Crippen LogP contribution < -0.4 is 0 Å². The number of carbonyl (C=O) groups excluding carboxylic acids is 1. The fraction of sp³-hybridized carbons (Fsp3) is 0.500. The second-order valence-electron chi connectivity index (χ2n) is 5.64. The predicted molar refractivity (Wildman–Crippen MR) is 85.4 cm³/mol. The number of aliphatic hydroxyl groups excluding tert-OH is 1. The topological polar surface area (TPSA) is 126 Å². The van der Waals surface area contributed by atoms with Crippen molar-refractivity contribution in [3.63, 3.8) is 0 Å². The number of aliphatic hydroxyl groups is 2. The number of aromatic hydroxyl groups is 2. The Balaban J connectivity index is 2.09. The highest BCUT2D eigenvalue weighted by Gasteiger charge is 2.74. The van der Waals surface area contributed by atoms with Gasteiger partial charge in [-0.25, -0.2) is 4.79 Å². The first-order valence-corrected chi connectivity index (χ1v) is 8.46. The molecule has 132 valence electrons. The molecule has 4 N–H and O–H groups in total. The molecular weight excluding hydrogens is 456 g/mol. The van der Waals surface area contributed by atoms with Crippen LogP contribution in [-0.2, 0) is 25.4 Å². The van der Waals surface area contributed by atoms with Gasteiger partial charge in [0.15, 0.2) is 17.6 Å². The molecule has 24 heavy (non-hydrogen) atoms. The lowest BCUT2D eigenvalue weighted by Gasteiger charge is -2.35. The Bertz CT molecular complexity index is 711. The van der Waals surface area contributed by atoms with Gasteiger partial charge in [-0.2, -0.15) is 0 Å². The number of rotatable bonds is 3. The van der Waals surface area contributed by atoms with Crippen LogP contribution in [0, 0.1) is 0 Å². The van der Waals surface area contributed by atoms with Crippen molar-refractivity contribution in [1.82, 2.24) is 0 Å². The molecule has 2 heterocycles. The largest absolute Gasteiger partial charge is 0.504 e. The molecule has 8 nitrogen and oxygen atoms in total. The van der Waals surface area contributed by atoms with E-state index < -0.39 is 35.3 Å². The second-order valence-corrected chi connectivity index (χ2v) is 7.23. The normalized spacial score (nSPS) is 35.1. The van der Waals surface area contributed by atoms with E-state index in [0.29, 0.717) is 10.0 Å². The Morgan fingerprint density at radius 1 is 1.38 bits per heavy atom. The molecule has 0 aromatic heterocycles. The zero-order valence-electron chi connectivity index (χ0n) is 12.3. The van der Waals surface area contributed by atoms with Gasteiger partial charge in [0.05, 0.1) is 11.1 Å².